The van der Waals surface area contributed by atoms with Gasteiger partial charge in [-0.2, -0.15) is 0 Å². The summed E-state index contributed by atoms with van der Waals surface area (Å²) in [5.74, 6) is -1.30. The fourth-order valence-corrected chi connectivity index (χ4v) is 3.90. The number of halogens is 1. The molecule has 1 aliphatic heterocycles. The van der Waals surface area contributed by atoms with Gasteiger partial charge in [0.25, 0.3) is 11.8 Å². The van der Waals surface area contributed by atoms with E-state index in [0.717, 1.165) is 19.3 Å². The monoisotopic (exact) mass is 456 g/mol. The zero-order valence-electron chi connectivity index (χ0n) is 19.1. The van der Waals surface area contributed by atoms with E-state index in [1.54, 1.807) is 31.2 Å². The van der Waals surface area contributed by atoms with Crippen LogP contribution in [0.5, 0.6) is 5.75 Å². The summed E-state index contributed by atoms with van der Waals surface area (Å²) in [5, 5.41) is 2.47. The summed E-state index contributed by atoms with van der Waals surface area (Å²) in [4.78, 5) is 38.6. The van der Waals surface area contributed by atoms with Crippen molar-refractivity contribution in [3.63, 3.8) is 0 Å². The lowest BCUT2D eigenvalue weighted by Crippen LogP contribution is -2.49. The zero-order valence-corrected chi connectivity index (χ0v) is 19.1. The number of carbonyl (C=O) groups excluding carboxylic acids is 3. The van der Waals surface area contributed by atoms with Crippen molar-refractivity contribution in [3.05, 3.63) is 59.4 Å². The van der Waals surface area contributed by atoms with Crippen molar-refractivity contribution in [2.45, 2.75) is 52.1 Å². The molecule has 0 aromatic heterocycles. The van der Waals surface area contributed by atoms with Gasteiger partial charge in [0, 0.05) is 17.8 Å². The minimum Gasteiger partial charge on any atom is -0.484 e. The minimum atomic E-state index is -0.682. The maximum Gasteiger partial charge on any atom is 0.338 e. The minimum absolute atomic E-state index is 0.0577. The van der Waals surface area contributed by atoms with E-state index >= 15 is 0 Å². The average Bonchev–Trinajstić information content (AvgIpc) is 2.79. The first kappa shape index (κ1) is 24.2. The number of rotatable bonds is 7. The molecular formula is C25H29FN2O5. The number of ether oxygens (including phenoxy) is 2. The molecule has 2 amide bonds. The van der Waals surface area contributed by atoms with E-state index in [-0.39, 0.29) is 35.8 Å². The van der Waals surface area contributed by atoms with Gasteiger partial charge in [-0.25, -0.2) is 9.18 Å². The number of likely N-dealkylation sites (tertiary alicyclic amines) is 1. The summed E-state index contributed by atoms with van der Waals surface area (Å²) in [7, 11) is 0. The van der Waals surface area contributed by atoms with Crippen LogP contribution in [0.25, 0.3) is 0 Å². The van der Waals surface area contributed by atoms with Crippen molar-refractivity contribution in [1.29, 1.82) is 0 Å². The van der Waals surface area contributed by atoms with Crippen LogP contribution in [-0.2, 0) is 14.3 Å². The molecule has 2 aromatic carbocycles. The standard InChI is InChI=1S/C25H29FN2O5/c1-16-7-10-20(13-22(16)26)27-23(29)14-33-25(31)19-8-11-21(12-9-19)32-15-24(30)28-17(2)5-4-6-18(28)3/h7-13,17-18H,4-6,14-15H2,1-3H3,(H,27,29)/t17-,18-/m0/s1. The predicted molar refractivity (Wildman–Crippen MR) is 122 cm³/mol. The summed E-state index contributed by atoms with van der Waals surface area (Å²) in [6.45, 7) is 5.14. The molecule has 33 heavy (non-hydrogen) atoms. The quantitative estimate of drug-likeness (QED) is 0.634. The maximum atomic E-state index is 13.6. The van der Waals surface area contributed by atoms with E-state index in [1.807, 2.05) is 18.7 Å². The van der Waals surface area contributed by atoms with Crippen molar-refractivity contribution >= 4 is 23.5 Å². The summed E-state index contributed by atoms with van der Waals surface area (Å²) in [5.41, 5.74) is 0.983. The summed E-state index contributed by atoms with van der Waals surface area (Å²) in [6, 6.07) is 10.8. The molecule has 8 heteroatoms. The number of aryl methyl sites for hydroxylation is 1. The van der Waals surface area contributed by atoms with Crippen LogP contribution in [-0.4, -0.2) is 48.0 Å². The highest BCUT2D eigenvalue weighted by atomic mass is 19.1. The molecule has 2 aromatic rings. The van der Waals surface area contributed by atoms with Gasteiger partial charge in [-0.1, -0.05) is 6.07 Å². The fraction of sp³-hybridized carbons (Fsp3) is 0.400. The number of nitrogens with one attached hydrogen (secondary N) is 1. The normalized spacial score (nSPS) is 17.9. The summed E-state index contributed by atoms with van der Waals surface area (Å²) < 4.78 is 24.2. The molecule has 0 radical (unpaired) electrons. The van der Waals surface area contributed by atoms with Crippen LogP contribution >= 0.6 is 0 Å². The van der Waals surface area contributed by atoms with E-state index < -0.39 is 24.3 Å². The number of anilines is 1. The van der Waals surface area contributed by atoms with Crippen LogP contribution in [0.15, 0.2) is 42.5 Å². The first-order chi connectivity index (χ1) is 15.7. The Morgan fingerprint density at radius 1 is 1.03 bits per heavy atom. The fourth-order valence-electron chi connectivity index (χ4n) is 3.90. The maximum absolute atomic E-state index is 13.6. The molecule has 7 nitrogen and oxygen atoms in total. The van der Waals surface area contributed by atoms with E-state index in [0.29, 0.717) is 11.3 Å². The molecule has 0 bridgehead atoms. The lowest BCUT2D eigenvalue weighted by Gasteiger charge is -2.38. The van der Waals surface area contributed by atoms with E-state index in [4.69, 9.17) is 9.47 Å². The SMILES string of the molecule is Cc1ccc(NC(=O)COC(=O)c2ccc(OCC(=O)N3[C@@H](C)CCC[C@@H]3C)cc2)cc1F. The zero-order chi connectivity index (χ0) is 24.0. The van der Waals surface area contributed by atoms with Crippen molar-refractivity contribution in [3.8, 4) is 5.75 Å². The molecule has 1 N–H and O–H groups in total. The number of nitrogens with zero attached hydrogens (tertiary/aromatic N) is 1. The Morgan fingerprint density at radius 3 is 2.33 bits per heavy atom. The Bertz CT molecular complexity index is 998. The molecule has 0 spiro atoms. The van der Waals surface area contributed by atoms with Gasteiger partial charge in [-0.05, 0) is 82.0 Å². The third-order valence-corrected chi connectivity index (χ3v) is 5.72. The molecule has 1 aliphatic rings. The average molecular weight is 457 g/mol. The number of esters is 1. The third kappa shape index (κ3) is 6.54. The lowest BCUT2D eigenvalue weighted by molar-refractivity contribution is -0.139. The van der Waals surface area contributed by atoms with Gasteiger partial charge in [-0.3, -0.25) is 9.59 Å². The Morgan fingerprint density at radius 2 is 1.70 bits per heavy atom. The van der Waals surface area contributed by atoms with Crippen LogP contribution in [0.4, 0.5) is 10.1 Å². The molecule has 0 saturated carbocycles. The van der Waals surface area contributed by atoms with Gasteiger partial charge in [0.15, 0.2) is 13.2 Å². The molecule has 1 saturated heterocycles. The van der Waals surface area contributed by atoms with Crippen LogP contribution in [0.1, 0.15) is 49.0 Å². The molecule has 2 atom stereocenters. The smallest absolute Gasteiger partial charge is 0.338 e. The molecule has 0 aliphatic carbocycles. The highest BCUT2D eigenvalue weighted by molar-refractivity contribution is 5.95. The highest BCUT2D eigenvalue weighted by Gasteiger charge is 2.29. The second-order valence-corrected chi connectivity index (χ2v) is 8.33. The predicted octanol–water partition coefficient (Wildman–Crippen LogP) is 4.10. The van der Waals surface area contributed by atoms with Crippen molar-refractivity contribution in [2.24, 2.45) is 0 Å². The number of piperidine rings is 1. The molecule has 0 unspecified atom stereocenters. The number of hydrogen-bond donors (Lipinski definition) is 1. The summed E-state index contributed by atoms with van der Waals surface area (Å²) >= 11 is 0. The van der Waals surface area contributed by atoms with Crippen LogP contribution in [0.3, 0.4) is 0 Å². The Hall–Kier alpha value is -3.42. The number of hydrogen-bond acceptors (Lipinski definition) is 5. The Labute approximate surface area is 192 Å². The largest absolute Gasteiger partial charge is 0.484 e. The first-order valence-electron chi connectivity index (χ1n) is 11.0. The molecular weight excluding hydrogens is 427 g/mol. The second-order valence-electron chi connectivity index (χ2n) is 8.33. The first-order valence-corrected chi connectivity index (χ1v) is 11.0. The van der Waals surface area contributed by atoms with Gasteiger partial charge in [-0.15, -0.1) is 0 Å². The van der Waals surface area contributed by atoms with E-state index in [9.17, 15) is 18.8 Å². The van der Waals surface area contributed by atoms with Crippen molar-refractivity contribution in [1.82, 2.24) is 4.90 Å². The number of benzene rings is 2. The third-order valence-electron chi connectivity index (χ3n) is 5.72. The summed E-state index contributed by atoms with van der Waals surface area (Å²) in [6.07, 6.45) is 3.11. The highest BCUT2D eigenvalue weighted by Crippen LogP contribution is 2.23. The van der Waals surface area contributed by atoms with E-state index in [1.165, 1.54) is 18.2 Å². The van der Waals surface area contributed by atoms with Gasteiger partial charge >= 0.3 is 5.97 Å². The topological polar surface area (TPSA) is 84.9 Å². The number of amides is 2. The Kier molecular flexibility index (Phi) is 8.03. The van der Waals surface area contributed by atoms with Crippen LogP contribution in [0.2, 0.25) is 0 Å². The van der Waals surface area contributed by atoms with Gasteiger partial charge < -0.3 is 19.7 Å². The molecule has 176 valence electrons. The molecule has 3 rings (SSSR count). The Balaban J connectivity index is 1.46. The van der Waals surface area contributed by atoms with Gasteiger partial charge in [0.1, 0.15) is 11.6 Å². The van der Waals surface area contributed by atoms with E-state index in [2.05, 4.69) is 5.32 Å². The molecule has 1 heterocycles. The second kappa shape index (κ2) is 10.9. The van der Waals surface area contributed by atoms with Crippen molar-refractivity contribution in [2.75, 3.05) is 18.5 Å². The number of carbonyl (C=O) groups is 3. The van der Waals surface area contributed by atoms with Gasteiger partial charge in [0.05, 0.1) is 5.56 Å². The lowest BCUT2D eigenvalue weighted by atomic mass is 9.97. The van der Waals surface area contributed by atoms with Crippen molar-refractivity contribution < 1.29 is 28.2 Å². The molecule has 1 fully saturated rings. The van der Waals surface area contributed by atoms with Crippen LogP contribution < -0.4 is 10.1 Å². The van der Waals surface area contributed by atoms with Gasteiger partial charge in [0.2, 0.25) is 0 Å². The van der Waals surface area contributed by atoms with Crippen LogP contribution in [0, 0.1) is 12.7 Å².